The Bertz CT molecular complexity index is 391. The molecule has 1 rings (SSSR count). The van der Waals surface area contributed by atoms with Crippen LogP contribution in [0.1, 0.15) is 29.8 Å². The molecule has 1 aromatic carbocycles. The zero-order valence-corrected chi connectivity index (χ0v) is 11.7. The first kappa shape index (κ1) is 15.7. The van der Waals surface area contributed by atoms with Crippen LogP contribution in [0.3, 0.4) is 0 Å². The van der Waals surface area contributed by atoms with Crippen LogP contribution >= 0.6 is 0 Å². The summed E-state index contributed by atoms with van der Waals surface area (Å²) in [5.41, 5.74) is 7.05. The predicted octanol–water partition coefficient (Wildman–Crippen LogP) is 2.02. The van der Waals surface area contributed by atoms with Crippen molar-refractivity contribution in [3.05, 3.63) is 35.4 Å². The summed E-state index contributed by atoms with van der Waals surface area (Å²) in [4.78, 5) is 11.9. The van der Waals surface area contributed by atoms with Crippen molar-refractivity contribution in [1.82, 2.24) is 0 Å². The van der Waals surface area contributed by atoms with E-state index in [9.17, 15) is 4.79 Å². The lowest BCUT2D eigenvalue weighted by atomic mass is 10.1. The number of carbonyl (C=O) groups is 1. The summed E-state index contributed by atoms with van der Waals surface area (Å²) in [5, 5.41) is 0. The van der Waals surface area contributed by atoms with E-state index in [0.717, 1.165) is 5.56 Å². The molecule has 0 amide bonds. The molecule has 1 aromatic rings. The van der Waals surface area contributed by atoms with Gasteiger partial charge in [0.1, 0.15) is 6.61 Å². The quantitative estimate of drug-likeness (QED) is 0.577. The third-order valence-electron chi connectivity index (χ3n) is 2.56. The minimum Gasteiger partial charge on any atom is -0.460 e. The molecule has 0 aromatic heterocycles. The van der Waals surface area contributed by atoms with Gasteiger partial charge in [-0.15, -0.1) is 0 Å². The number of ether oxygens (including phenoxy) is 2. The Labute approximate surface area is 114 Å². The predicted molar refractivity (Wildman–Crippen MR) is 75.1 cm³/mol. The molecule has 4 nitrogen and oxygen atoms in total. The molecule has 0 atom stereocenters. The average molecular weight is 265 g/mol. The summed E-state index contributed by atoms with van der Waals surface area (Å²) in [6.07, 6.45) is 0.676. The maximum Gasteiger partial charge on any atom is 0.338 e. The second kappa shape index (κ2) is 8.67. The molecule has 19 heavy (non-hydrogen) atoms. The van der Waals surface area contributed by atoms with Crippen molar-refractivity contribution < 1.29 is 14.3 Å². The maximum absolute atomic E-state index is 11.9. The molecule has 4 heteroatoms. The normalized spacial score (nSPS) is 10.7. The Kier molecular flexibility index (Phi) is 7.15. The van der Waals surface area contributed by atoms with Crippen LogP contribution in [0.2, 0.25) is 0 Å². The molecule has 0 bridgehead atoms. The molecule has 0 saturated carbocycles. The van der Waals surface area contributed by atoms with Crippen molar-refractivity contribution in [2.45, 2.75) is 20.3 Å². The maximum atomic E-state index is 11.9. The number of carbonyl (C=O) groups excluding carboxylic acids is 1. The van der Waals surface area contributed by atoms with Gasteiger partial charge in [0.2, 0.25) is 0 Å². The molecule has 2 N–H and O–H groups in total. The summed E-state index contributed by atoms with van der Waals surface area (Å²) in [7, 11) is 0. The third-order valence-corrected chi connectivity index (χ3v) is 2.56. The molecular formula is C15H23NO3. The van der Waals surface area contributed by atoms with Crippen molar-refractivity contribution in [2.24, 2.45) is 11.7 Å². The van der Waals surface area contributed by atoms with Crippen molar-refractivity contribution in [1.29, 1.82) is 0 Å². The molecule has 0 spiro atoms. The van der Waals surface area contributed by atoms with Crippen LogP contribution < -0.4 is 5.73 Å². The topological polar surface area (TPSA) is 61.5 Å². The zero-order chi connectivity index (χ0) is 14.1. The van der Waals surface area contributed by atoms with E-state index in [-0.39, 0.29) is 12.6 Å². The molecule has 0 aliphatic rings. The smallest absolute Gasteiger partial charge is 0.338 e. The first-order chi connectivity index (χ1) is 9.15. The minimum absolute atomic E-state index is 0.280. The Morgan fingerprint density at radius 2 is 2.00 bits per heavy atom. The Balaban J connectivity index is 2.41. The molecule has 0 aliphatic heterocycles. The van der Waals surface area contributed by atoms with Crippen LogP contribution in [-0.2, 0) is 15.9 Å². The van der Waals surface area contributed by atoms with Gasteiger partial charge in [-0.05, 0) is 30.5 Å². The van der Waals surface area contributed by atoms with Gasteiger partial charge in [-0.25, -0.2) is 4.79 Å². The van der Waals surface area contributed by atoms with E-state index in [4.69, 9.17) is 15.2 Å². The average Bonchev–Trinajstić information content (AvgIpc) is 2.39. The van der Waals surface area contributed by atoms with Crippen LogP contribution in [0, 0.1) is 5.92 Å². The van der Waals surface area contributed by atoms with Crippen molar-refractivity contribution in [3.8, 4) is 0 Å². The van der Waals surface area contributed by atoms with Crippen LogP contribution in [0.25, 0.3) is 0 Å². The van der Waals surface area contributed by atoms with Crippen molar-refractivity contribution in [3.63, 3.8) is 0 Å². The highest BCUT2D eigenvalue weighted by Crippen LogP contribution is 2.10. The second-order valence-corrected chi connectivity index (χ2v) is 4.80. The van der Waals surface area contributed by atoms with Crippen molar-refractivity contribution >= 4 is 5.97 Å². The van der Waals surface area contributed by atoms with E-state index in [1.54, 1.807) is 6.07 Å². The molecule has 0 radical (unpaired) electrons. The van der Waals surface area contributed by atoms with E-state index < -0.39 is 0 Å². The van der Waals surface area contributed by atoms with Gasteiger partial charge in [0.05, 0.1) is 12.2 Å². The molecule has 0 heterocycles. The Hall–Kier alpha value is -1.39. The summed E-state index contributed by atoms with van der Waals surface area (Å²) < 4.78 is 10.6. The monoisotopic (exact) mass is 265 g/mol. The van der Waals surface area contributed by atoms with Gasteiger partial charge in [-0.3, -0.25) is 0 Å². The number of nitrogens with two attached hydrogens (primary N) is 1. The summed E-state index contributed by atoms with van der Waals surface area (Å²) >= 11 is 0. The van der Waals surface area contributed by atoms with Gasteiger partial charge in [0, 0.05) is 6.61 Å². The second-order valence-electron chi connectivity index (χ2n) is 4.80. The van der Waals surface area contributed by atoms with Gasteiger partial charge in [0.25, 0.3) is 0 Å². The van der Waals surface area contributed by atoms with Crippen LogP contribution in [0.15, 0.2) is 24.3 Å². The van der Waals surface area contributed by atoms with Gasteiger partial charge in [0.15, 0.2) is 0 Å². The highest BCUT2D eigenvalue weighted by molar-refractivity contribution is 5.91. The SMILES string of the molecule is CC(C)COCCOC(=O)c1ccccc1CCN. The largest absolute Gasteiger partial charge is 0.460 e. The molecule has 0 aliphatic carbocycles. The first-order valence-electron chi connectivity index (χ1n) is 6.68. The highest BCUT2D eigenvalue weighted by Gasteiger charge is 2.11. The fourth-order valence-electron chi connectivity index (χ4n) is 1.68. The number of esters is 1. The van der Waals surface area contributed by atoms with Gasteiger partial charge in [-0.1, -0.05) is 32.0 Å². The van der Waals surface area contributed by atoms with Crippen LogP contribution in [-0.4, -0.2) is 32.3 Å². The molecule has 106 valence electrons. The summed E-state index contributed by atoms with van der Waals surface area (Å²) in [6.45, 7) is 6.07. The number of hydrogen-bond acceptors (Lipinski definition) is 4. The first-order valence-corrected chi connectivity index (χ1v) is 6.68. The van der Waals surface area contributed by atoms with E-state index in [2.05, 4.69) is 13.8 Å². The lowest BCUT2D eigenvalue weighted by Crippen LogP contribution is -2.15. The number of rotatable bonds is 8. The van der Waals surface area contributed by atoms with Gasteiger partial charge >= 0.3 is 5.97 Å². The molecular weight excluding hydrogens is 242 g/mol. The minimum atomic E-state index is -0.308. The van der Waals surface area contributed by atoms with E-state index in [1.807, 2.05) is 18.2 Å². The molecule has 0 fully saturated rings. The third kappa shape index (κ3) is 5.85. The van der Waals surface area contributed by atoms with Crippen LogP contribution in [0.4, 0.5) is 0 Å². The highest BCUT2D eigenvalue weighted by atomic mass is 16.6. The molecule has 0 saturated heterocycles. The van der Waals surface area contributed by atoms with E-state index >= 15 is 0 Å². The fraction of sp³-hybridized carbons (Fsp3) is 0.533. The summed E-state index contributed by atoms with van der Waals surface area (Å²) in [6, 6.07) is 7.39. The lowest BCUT2D eigenvalue weighted by Gasteiger charge is -2.10. The van der Waals surface area contributed by atoms with Crippen molar-refractivity contribution in [2.75, 3.05) is 26.4 Å². The Morgan fingerprint density at radius 3 is 2.68 bits per heavy atom. The number of benzene rings is 1. The van der Waals surface area contributed by atoms with Gasteiger partial charge < -0.3 is 15.2 Å². The fourth-order valence-corrected chi connectivity index (χ4v) is 1.68. The van der Waals surface area contributed by atoms with Gasteiger partial charge in [-0.2, -0.15) is 0 Å². The standard InChI is InChI=1S/C15H23NO3/c1-12(2)11-18-9-10-19-15(17)14-6-4-3-5-13(14)7-8-16/h3-6,12H,7-11,16H2,1-2H3. The van der Waals surface area contributed by atoms with Crippen LogP contribution in [0.5, 0.6) is 0 Å². The Morgan fingerprint density at radius 1 is 1.26 bits per heavy atom. The summed E-state index contributed by atoms with van der Waals surface area (Å²) in [5.74, 6) is 0.179. The van der Waals surface area contributed by atoms with E-state index in [1.165, 1.54) is 0 Å². The molecule has 0 unspecified atom stereocenters. The lowest BCUT2D eigenvalue weighted by molar-refractivity contribution is 0.0276. The van der Waals surface area contributed by atoms with E-state index in [0.29, 0.717) is 37.7 Å². The number of hydrogen-bond donors (Lipinski definition) is 1. The zero-order valence-electron chi connectivity index (χ0n) is 11.7.